The van der Waals surface area contributed by atoms with Crippen molar-refractivity contribution in [3.05, 3.63) is 94.3 Å². The molecule has 1 aromatic heterocycles. The van der Waals surface area contributed by atoms with Crippen molar-refractivity contribution < 1.29 is 19.2 Å². The summed E-state index contributed by atoms with van der Waals surface area (Å²) in [6.07, 6.45) is 0. The SMILES string of the molecule is COc1cccc(CSc2nnc(CNC(=O)Nc3ccccc3OC)n2-c2ccc([N+](=O)[O-])cc2)c1. The molecule has 2 N–H and O–H groups in total. The summed E-state index contributed by atoms with van der Waals surface area (Å²) in [5.74, 6) is 2.32. The van der Waals surface area contributed by atoms with E-state index in [1.54, 1.807) is 48.1 Å². The number of aromatic nitrogens is 3. The first-order chi connectivity index (χ1) is 18.0. The molecule has 37 heavy (non-hydrogen) atoms. The number of methoxy groups -OCH3 is 2. The summed E-state index contributed by atoms with van der Waals surface area (Å²) in [5.41, 5.74) is 2.15. The number of thioether (sulfide) groups is 1. The highest BCUT2D eigenvalue weighted by molar-refractivity contribution is 7.98. The fourth-order valence-electron chi connectivity index (χ4n) is 3.47. The fourth-order valence-corrected chi connectivity index (χ4v) is 4.39. The van der Waals surface area contributed by atoms with Gasteiger partial charge in [0.25, 0.3) is 5.69 Å². The van der Waals surface area contributed by atoms with Gasteiger partial charge in [0.15, 0.2) is 11.0 Å². The van der Waals surface area contributed by atoms with E-state index in [1.807, 2.05) is 24.3 Å². The van der Waals surface area contributed by atoms with Crippen LogP contribution in [0.5, 0.6) is 11.5 Å². The maximum atomic E-state index is 12.6. The Balaban J connectivity index is 1.55. The van der Waals surface area contributed by atoms with E-state index in [0.717, 1.165) is 11.3 Å². The summed E-state index contributed by atoms with van der Waals surface area (Å²) in [6.45, 7) is 0.0602. The van der Waals surface area contributed by atoms with Crippen molar-refractivity contribution in [1.82, 2.24) is 20.1 Å². The molecule has 1 heterocycles. The molecule has 2 amide bonds. The number of nitro groups is 1. The number of hydrogen-bond donors (Lipinski definition) is 2. The third-order valence-electron chi connectivity index (χ3n) is 5.28. The van der Waals surface area contributed by atoms with Crippen LogP contribution in [0.2, 0.25) is 0 Å². The van der Waals surface area contributed by atoms with Crippen LogP contribution in [0.3, 0.4) is 0 Å². The maximum Gasteiger partial charge on any atom is 0.319 e. The van der Waals surface area contributed by atoms with Crippen molar-refractivity contribution >= 4 is 29.2 Å². The number of carbonyl (C=O) groups is 1. The summed E-state index contributed by atoms with van der Waals surface area (Å²) in [7, 11) is 3.14. The number of ether oxygens (including phenoxy) is 2. The Labute approximate surface area is 217 Å². The standard InChI is InChI=1S/C25H24N6O5S/c1-35-20-7-5-6-17(14-20)16-37-25-29-28-23(30(25)18-10-12-19(13-11-18)31(33)34)15-26-24(32)27-21-8-3-4-9-22(21)36-2/h3-14H,15-16H2,1-2H3,(H2,26,27,32). The van der Waals surface area contributed by atoms with Gasteiger partial charge in [0.2, 0.25) is 0 Å². The number of urea groups is 1. The zero-order chi connectivity index (χ0) is 26.2. The summed E-state index contributed by atoms with van der Waals surface area (Å²) in [5, 5.41) is 25.8. The van der Waals surface area contributed by atoms with Crippen LogP contribution >= 0.6 is 11.8 Å². The largest absolute Gasteiger partial charge is 0.497 e. The molecular formula is C25H24N6O5S. The number of nitro benzene ring substituents is 1. The number of carbonyl (C=O) groups excluding carboxylic acids is 1. The van der Waals surface area contributed by atoms with Gasteiger partial charge in [-0.05, 0) is 42.0 Å². The van der Waals surface area contributed by atoms with Crippen LogP contribution in [-0.2, 0) is 12.3 Å². The molecule has 0 aliphatic carbocycles. The topological polar surface area (TPSA) is 133 Å². The molecular weight excluding hydrogens is 496 g/mol. The lowest BCUT2D eigenvalue weighted by molar-refractivity contribution is -0.384. The smallest absolute Gasteiger partial charge is 0.319 e. The normalized spacial score (nSPS) is 10.5. The second-order valence-corrected chi connectivity index (χ2v) is 8.60. The zero-order valence-corrected chi connectivity index (χ0v) is 20.9. The van der Waals surface area contributed by atoms with Crippen LogP contribution in [0.4, 0.5) is 16.2 Å². The Morgan fingerprint density at radius 3 is 2.54 bits per heavy atom. The highest BCUT2D eigenvalue weighted by atomic mass is 32.2. The molecule has 0 saturated heterocycles. The number of nitrogens with zero attached hydrogens (tertiary/aromatic N) is 4. The monoisotopic (exact) mass is 520 g/mol. The Bertz CT molecular complexity index is 1390. The van der Waals surface area contributed by atoms with Gasteiger partial charge in [-0.15, -0.1) is 10.2 Å². The van der Waals surface area contributed by atoms with Crippen molar-refractivity contribution in [3.63, 3.8) is 0 Å². The van der Waals surface area contributed by atoms with Crippen molar-refractivity contribution in [2.45, 2.75) is 17.5 Å². The Morgan fingerprint density at radius 2 is 1.81 bits per heavy atom. The molecule has 0 unspecified atom stereocenters. The predicted octanol–water partition coefficient (Wildman–Crippen LogP) is 4.81. The predicted molar refractivity (Wildman–Crippen MR) is 139 cm³/mol. The third kappa shape index (κ3) is 6.35. The number of nitrogens with one attached hydrogen (secondary N) is 2. The zero-order valence-electron chi connectivity index (χ0n) is 20.1. The number of benzene rings is 3. The fraction of sp³-hybridized carbons (Fsp3) is 0.160. The van der Waals surface area contributed by atoms with Gasteiger partial charge in [-0.2, -0.15) is 0 Å². The summed E-state index contributed by atoms with van der Waals surface area (Å²) in [6, 6.07) is 20.4. The van der Waals surface area contributed by atoms with Crippen LogP contribution in [-0.4, -0.2) is 39.9 Å². The van der Waals surface area contributed by atoms with Crippen molar-refractivity contribution in [1.29, 1.82) is 0 Å². The molecule has 12 heteroatoms. The number of hydrogen-bond acceptors (Lipinski definition) is 8. The first-order valence-electron chi connectivity index (χ1n) is 11.1. The molecule has 0 atom stereocenters. The van der Waals surface area contributed by atoms with E-state index >= 15 is 0 Å². The minimum absolute atomic E-state index is 0.0294. The van der Waals surface area contributed by atoms with Gasteiger partial charge in [-0.25, -0.2) is 4.79 Å². The lowest BCUT2D eigenvalue weighted by Gasteiger charge is -2.13. The van der Waals surface area contributed by atoms with E-state index in [-0.39, 0.29) is 12.2 Å². The lowest BCUT2D eigenvalue weighted by atomic mass is 10.2. The van der Waals surface area contributed by atoms with Gasteiger partial charge in [0, 0.05) is 23.6 Å². The number of rotatable bonds is 10. The van der Waals surface area contributed by atoms with Gasteiger partial charge >= 0.3 is 6.03 Å². The van der Waals surface area contributed by atoms with Crippen LogP contribution in [0, 0.1) is 10.1 Å². The Kier molecular flexibility index (Phi) is 8.21. The third-order valence-corrected chi connectivity index (χ3v) is 6.28. The first-order valence-corrected chi connectivity index (χ1v) is 12.1. The molecule has 190 valence electrons. The lowest BCUT2D eigenvalue weighted by Crippen LogP contribution is -2.29. The number of amides is 2. The Hall–Kier alpha value is -4.58. The van der Waals surface area contributed by atoms with Crippen LogP contribution in [0.25, 0.3) is 5.69 Å². The number of para-hydroxylation sites is 2. The molecule has 4 aromatic rings. The number of non-ortho nitro benzene ring substituents is 1. The minimum atomic E-state index is -0.459. The molecule has 0 aliphatic rings. The van der Waals surface area contributed by atoms with Crippen LogP contribution in [0.1, 0.15) is 11.4 Å². The molecule has 0 radical (unpaired) electrons. The van der Waals surface area contributed by atoms with E-state index in [4.69, 9.17) is 9.47 Å². The van der Waals surface area contributed by atoms with E-state index in [1.165, 1.54) is 31.0 Å². The average molecular weight is 521 g/mol. The number of anilines is 1. The molecule has 0 bridgehead atoms. The van der Waals surface area contributed by atoms with Crippen LogP contribution in [0.15, 0.2) is 78.0 Å². The highest BCUT2D eigenvalue weighted by Crippen LogP contribution is 2.28. The molecule has 0 saturated carbocycles. The summed E-state index contributed by atoms with van der Waals surface area (Å²) >= 11 is 1.44. The van der Waals surface area contributed by atoms with Crippen LogP contribution < -0.4 is 20.1 Å². The quantitative estimate of drug-likeness (QED) is 0.173. The van der Waals surface area contributed by atoms with E-state index in [0.29, 0.717) is 33.9 Å². The molecule has 4 rings (SSSR count). The van der Waals surface area contributed by atoms with E-state index < -0.39 is 11.0 Å². The van der Waals surface area contributed by atoms with Crippen molar-refractivity contribution in [2.75, 3.05) is 19.5 Å². The molecule has 0 fully saturated rings. The summed E-state index contributed by atoms with van der Waals surface area (Å²) in [4.78, 5) is 23.2. The first kappa shape index (κ1) is 25.5. The van der Waals surface area contributed by atoms with Gasteiger partial charge < -0.3 is 20.1 Å². The second-order valence-electron chi connectivity index (χ2n) is 7.66. The molecule has 0 spiro atoms. The highest BCUT2D eigenvalue weighted by Gasteiger charge is 2.17. The van der Waals surface area contributed by atoms with Gasteiger partial charge in [0.1, 0.15) is 11.5 Å². The summed E-state index contributed by atoms with van der Waals surface area (Å²) < 4.78 is 12.3. The Morgan fingerprint density at radius 1 is 1.03 bits per heavy atom. The molecule has 3 aromatic carbocycles. The van der Waals surface area contributed by atoms with Crippen molar-refractivity contribution in [3.8, 4) is 17.2 Å². The van der Waals surface area contributed by atoms with Gasteiger partial charge in [-0.1, -0.05) is 36.0 Å². The molecule has 0 aliphatic heterocycles. The minimum Gasteiger partial charge on any atom is -0.497 e. The van der Waals surface area contributed by atoms with E-state index in [9.17, 15) is 14.9 Å². The average Bonchev–Trinajstić information content (AvgIpc) is 3.34. The second kappa shape index (κ2) is 11.9. The van der Waals surface area contributed by atoms with Gasteiger partial charge in [-0.3, -0.25) is 14.7 Å². The van der Waals surface area contributed by atoms with Crippen molar-refractivity contribution in [2.24, 2.45) is 0 Å². The van der Waals surface area contributed by atoms with Gasteiger partial charge in [0.05, 0.1) is 31.4 Å². The van der Waals surface area contributed by atoms with E-state index in [2.05, 4.69) is 20.8 Å². The maximum absolute atomic E-state index is 12.6. The molecule has 11 nitrogen and oxygen atoms in total.